The molecular formula is C12H20N6. The molecule has 98 valence electrons. The van der Waals surface area contributed by atoms with Crippen LogP contribution < -0.4 is 16.0 Å². The molecule has 1 fully saturated rings. The van der Waals surface area contributed by atoms with Gasteiger partial charge in [-0.2, -0.15) is 10.4 Å². The third-order valence-electron chi connectivity index (χ3n) is 3.16. The Labute approximate surface area is 107 Å². The monoisotopic (exact) mass is 248 g/mol. The summed E-state index contributed by atoms with van der Waals surface area (Å²) in [4.78, 5) is 2.15. The number of nitriles is 1. The number of hydrogen-bond donors (Lipinski definition) is 2. The fraction of sp³-hybridized carbons (Fsp3) is 0.667. The van der Waals surface area contributed by atoms with E-state index in [1.165, 1.54) is 0 Å². The Bertz CT molecular complexity index is 436. The number of nitrogens with zero attached hydrogens (tertiary/aromatic N) is 4. The first-order valence-corrected chi connectivity index (χ1v) is 6.50. The summed E-state index contributed by atoms with van der Waals surface area (Å²) in [6.45, 7) is 6.56. The van der Waals surface area contributed by atoms with Gasteiger partial charge in [-0.25, -0.2) is 4.68 Å². The van der Waals surface area contributed by atoms with Gasteiger partial charge in [0.25, 0.3) is 0 Å². The molecule has 0 aliphatic carbocycles. The van der Waals surface area contributed by atoms with E-state index in [1.807, 2.05) is 0 Å². The Balaban J connectivity index is 2.30. The zero-order valence-electron chi connectivity index (χ0n) is 10.8. The van der Waals surface area contributed by atoms with Crippen LogP contribution in [-0.2, 0) is 6.54 Å². The van der Waals surface area contributed by atoms with E-state index in [4.69, 9.17) is 5.73 Å². The highest BCUT2D eigenvalue weighted by Crippen LogP contribution is 2.25. The predicted molar refractivity (Wildman–Crippen MR) is 71.3 cm³/mol. The summed E-state index contributed by atoms with van der Waals surface area (Å²) < 4.78 is 1.74. The molecule has 1 aliphatic rings. The first kappa shape index (κ1) is 12.7. The van der Waals surface area contributed by atoms with Gasteiger partial charge in [-0.3, -0.25) is 0 Å². The molecule has 2 rings (SSSR count). The summed E-state index contributed by atoms with van der Waals surface area (Å²) in [6.07, 6.45) is 2.02. The summed E-state index contributed by atoms with van der Waals surface area (Å²) >= 11 is 0. The van der Waals surface area contributed by atoms with Crippen LogP contribution in [0.1, 0.15) is 25.3 Å². The van der Waals surface area contributed by atoms with E-state index in [0.29, 0.717) is 11.4 Å². The summed E-state index contributed by atoms with van der Waals surface area (Å²) in [5.74, 6) is 1.23. The summed E-state index contributed by atoms with van der Waals surface area (Å²) in [7, 11) is 0. The molecular weight excluding hydrogens is 228 g/mol. The molecule has 0 aromatic carbocycles. The molecule has 0 atom stereocenters. The van der Waals surface area contributed by atoms with Gasteiger partial charge in [0.1, 0.15) is 17.5 Å². The molecule has 0 spiro atoms. The molecule has 1 aromatic rings. The average molecular weight is 248 g/mol. The number of nitrogen functional groups attached to an aromatic ring is 1. The molecule has 0 saturated carbocycles. The van der Waals surface area contributed by atoms with E-state index in [-0.39, 0.29) is 0 Å². The van der Waals surface area contributed by atoms with Gasteiger partial charge in [0.2, 0.25) is 0 Å². The zero-order chi connectivity index (χ0) is 13.0. The lowest BCUT2D eigenvalue weighted by Gasteiger charge is -2.19. The largest absolute Gasteiger partial charge is 0.383 e. The van der Waals surface area contributed by atoms with Crippen LogP contribution in [0.3, 0.4) is 0 Å². The highest BCUT2D eigenvalue weighted by molar-refractivity contribution is 5.65. The third-order valence-corrected chi connectivity index (χ3v) is 3.16. The van der Waals surface area contributed by atoms with E-state index < -0.39 is 0 Å². The number of nitrogens with two attached hydrogens (primary N) is 1. The van der Waals surface area contributed by atoms with Crippen molar-refractivity contribution in [1.29, 1.82) is 5.26 Å². The van der Waals surface area contributed by atoms with Crippen LogP contribution in [0, 0.1) is 11.3 Å². The molecule has 0 radical (unpaired) electrons. The van der Waals surface area contributed by atoms with Gasteiger partial charge in [0, 0.05) is 26.2 Å². The number of aryl methyl sites for hydroxylation is 1. The predicted octanol–water partition coefficient (Wildman–Crippen LogP) is 0.547. The highest BCUT2D eigenvalue weighted by Gasteiger charge is 2.21. The van der Waals surface area contributed by atoms with E-state index in [1.54, 1.807) is 4.68 Å². The van der Waals surface area contributed by atoms with Crippen molar-refractivity contribution >= 4 is 11.6 Å². The summed E-state index contributed by atoms with van der Waals surface area (Å²) in [5, 5.41) is 17.1. The Morgan fingerprint density at radius 2 is 2.28 bits per heavy atom. The van der Waals surface area contributed by atoms with Gasteiger partial charge >= 0.3 is 0 Å². The van der Waals surface area contributed by atoms with Gasteiger partial charge in [-0.05, 0) is 19.4 Å². The molecule has 1 saturated heterocycles. The number of aromatic nitrogens is 2. The molecule has 3 N–H and O–H groups in total. The van der Waals surface area contributed by atoms with Crippen molar-refractivity contribution < 1.29 is 0 Å². The summed E-state index contributed by atoms with van der Waals surface area (Å²) in [6, 6.07) is 2.19. The highest BCUT2D eigenvalue weighted by atomic mass is 15.4. The first-order valence-electron chi connectivity index (χ1n) is 6.50. The van der Waals surface area contributed by atoms with E-state index in [9.17, 15) is 5.26 Å². The smallest absolute Gasteiger partial charge is 0.170 e. The maximum absolute atomic E-state index is 9.26. The van der Waals surface area contributed by atoms with Crippen molar-refractivity contribution in [3.05, 3.63) is 5.56 Å². The normalized spacial score (nSPS) is 16.3. The molecule has 6 heteroatoms. The second-order valence-electron chi connectivity index (χ2n) is 4.51. The summed E-state index contributed by atoms with van der Waals surface area (Å²) in [5.41, 5.74) is 6.50. The van der Waals surface area contributed by atoms with Gasteiger partial charge in [-0.1, -0.05) is 6.92 Å². The minimum atomic E-state index is 0.492. The van der Waals surface area contributed by atoms with E-state index >= 15 is 0 Å². The maximum atomic E-state index is 9.26. The molecule has 2 heterocycles. The second kappa shape index (κ2) is 5.74. The Morgan fingerprint density at radius 3 is 3.00 bits per heavy atom. The van der Waals surface area contributed by atoms with Crippen LogP contribution in [0.25, 0.3) is 0 Å². The fourth-order valence-electron chi connectivity index (χ4n) is 2.23. The van der Waals surface area contributed by atoms with Gasteiger partial charge in [0.15, 0.2) is 5.82 Å². The third kappa shape index (κ3) is 2.41. The lowest BCUT2D eigenvalue weighted by atomic mass is 10.3. The molecule has 18 heavy (non-hydrogen) atoms. The van der Waals surface area contributed by atoms with Crippen molar-refractivity contribution in [1.82, 2.24) is 15.1 Å². The van der Waals surface area contributed by atoms with Crippen LogP contribution in [-0.4, -0.2) is 36.0 Å². The van der Waals surface area contributed by atoms with Crippen molar-refractivity contribution in [2.75, 3.05) is 36.8 Å². The van der Waals surface area contributed by atoms with E-state index in [0.717, 1.165) is 51.4 Å². The molecule has 0 unspecified atom stereocenters. The van der Waals surface area contributed by atoms with Gasteiger partial charge in [0.05, 0.1) is 0 Å². The van der Waals surface area contributed by atoms with Crippen LogP contribution in [0.5, 0.6) is 0 Å². The SMILES string of the molecule is CCCn1nc(N2CCCNCC2)c(C#N)c1N. The molecule has 1 aliphatic heterocycles. The molecule has 0 bridgehead atoms. The number of hydrogen-bond acceptors (Lipinski definition) is 5. The van der Waals surface area contributed by atoms with Crippen molar-refractivity contribution in [2.24, 2.45) is 0 Å². The lowest BCUT2D eigenvalue weighted by molar-refractivity contribution is 0.606. The standard InChI is InChI=1S/C12H20N6/c1-2-6-18-11(14)10(9-13)12(16-18)17-7-3-4-15-5-8-17/h15H,2-8,14H2,1H3. The minimum Gasteiger partial charge on any atom is -0.383 e. The number of nitrogens with one attached hydrogen (secondary N) is 1. The van der Waals surface area contributed by atoms with Crippen LogP contribution in [0.15, 0.2) is 0 Å². The van der Waals surface area contributed by atoms with Crippen LogP contribution in [0.2, 0.25) is 0 Å². The Hall–Kier alpha value is -1.74. The lowest BCUT2D eigenvalue weighted by Crippen LogP contribution is -2.28. The number of rotatable bonds is 3. The quantitative estimate of drug-likeness (QED) is 0.816. The van der Waals surface area contributed by atoms with Gasteiger partial charge < -0.3 is 16.0 Å². The average Bonchev–Trinajstić information content (AvgIpc) is 2.59. The first-order chi connectivity index (χ1) is 8.77. The Kier molecular flexibility index (Phi) is 4.05. The minimum absolute atomic E-state index is 0.492. The molecule has 1 aromatic heterocycles. The maximum Gasteiger partial charge on any atom is 0.170 e. The van der Waals surface area contributed by atoms with Crippen molar-refractivity contribution in [2.45, 2.75) is 26.3 Å². The Morgan fingerprint density at radius 1 is 1.44 bits per heavy atom. The van der Waals surface area contributed by atoms with E-state index in [2.05, 4.69) is 28.3 Å². The zero-order valence-corrected chi connectivity index (χ0v) is 10.8. The van der Waals surface area contributed by atoms with Gasteiger partial charge in [-0.15, -0.1) is 0 Å². The molecule has 6 nitrogen and oxygen atoms in total. The van der Waals surface area contributed by atoms with Crippen molar-refractivity contribution in [3.8, 4) is 6.07 Å². The second-order valence-corrected chi connectivity index (χ2v) is 4.51. The van der Waals surface area contributed by atoms with Crippen molar-refractivity contribution in [3.63, 3.8) is 0 Å². The van der Waals surface area contributed by atoms with Crippen LogP contribution >= 0.6 is 0 Å². The van der Waals surface area contributed by atoms with Crippen LogP contribution in [0.4, 0.5) is 11.6 Å². The molecule has 0 amide bonds. The number of anilines is 2. The topological polar surface area (TPSA) is 82.9 Å². The fourth-order valence-corrected chi connectivity index (χ4v) is 2.23.